The highest BCUT2D eigenvalue weighted by atomic mass is 32.2. The van der Waals surface area contributed by atoms with E-state index in [0.717, 1.165) is 12.8 Å². The fourth-order valence-corrected chi connectivity index (χ4v) is 5.93. The summed E-state index contributed by atoms with van der Waals surface area (Å²) in [6.45, 7) is 8.40. The molecule has 0 saturated carbocycles. The predicted molar refractivity (Wildman–Crippen MR) is 110 cm³/mol. The van der Waals surface area contributed by atoms with Crippen LogP contribution >= 0.6 is 0 Å². The zero-order chi connectivity index (χ0) is 21.4. The van der Waals surface area contributed by atoms with Gasteiger partial charge in [0.2, 0.25) is 21.8 Å². The van der Waals surface area contributed by atoms with E-state index in [1.54, 1.807) is 28.6 Å². The largest absolute Gasteiger partial charge is 0.494 e. The van der Waals surface area contributed by atoms with E-state index in [4.69, 9.17) is 13.9 Å². The first-order valence-electron chi connectivity index (χ1n) is 10.5. The molecule has 3 heterocycles. The molecule has 0 N–H and O–H groups in total. The minimum absolute atomic E-state index is 0.127. The van der Waals surface area contributed by atoms with Crippen molar-refractivity contribution in [2.75, 3.05) is 32.9 Å². The standard InChI is InChI=1S/C21H29N3O5S/c1-4-28-16-5-7-17(8-6-16)30(25,26)24-13-18(20-23-22-19(29-20)15(2)3)21(14-24)9-11-27-12-10-21/h5-8,15,18H,4,9-14H2,1-3H3. The Morgan fingerprint density at radius 2 is 1.90 bits per heavy atom. The van der Waals surface area contributed by atoms with E-state index in [2.05, 4.69) is 10.2 Å². The van der Waals surface area contributed by atoms with Crippen LogP contribution in [0.25, 0.3) is 0 Å². The van der Waals surface area contributed by atoms with E-state index in [9.17, 15) is 8.42 Å². The lowest BCUT2D eigenvalue weighted by Crippen LogP contribution is -2.37. The summed E-state index contributed by atoms with van der Waals surface area (Å²) in [5, 5.41) is 8.48. The van der Waals surface area contributed by atoms with Crippen LogP contribution in [0.5, 0.6) is 5.75 Å². The number of hydrogen-bond donors (Lipinski definition) is 0. The molecule has 164 valence electrons. The van der Waals surface area contributed by atoms with Gasteiger partial charge < -0.3 is 13.9 Å². The highest BCUT2D eigenvalue weighted by molar-refractivity contribution is 7.89. The molecule has 1 unspecified atom stereocenters. The van der Waals surface area contributed by atoms with Crippen molar-refractivity contribution in [1.82, 2.24) is 14.5 Å². The first-order valence-corrected chi connectivity index (χ1v) is 11.9. The van der Waals surface area contributed by atoms with E-state index in [0.29, 0.717) is 50.4 Å². The molecule has 1 atom stereocenters. The smallest absolute Gasteiger partial charge is 0.243 e. The topological polar surface area (TPSA) is 94.8 Å². The maximum atomic E-state index is 13.4. The maximum Gasteiger partial charge on any atom is 0.243 e. The van der Waals surface area contributed by atoms with E-state index in [1.807, 2.05) is 20.8 Å². The highest BCUT2D eigenvalue weighted by Gasteiger charge is 2.53. The molecule has 1 aromatic heterocycles. The van der Waals surface area contributed by atoms with Gasteiger partial charge in [-0.05, 0) is 44.0 Å². The summed E-state index contributed by atoms with van der Waals surface area (Å²) >= 11 is 0. The van der Waals surface area contributed by atoms with Crippen LogP contribution in [0.2, 0.25) is 0 Å². The Hall–Kier alpha value is -1.97. The molecule has 0 radical (unpaired) electrons. The third kappa shape index (κ3) is 3.86. The molecule has 2 fully saturated rings. The second kappa shape index (κ2) is 8.28. The molecule has 1 spiro atoms. The number of hydrogen-bond acceptors (Lipinski definition) is 7. The molecular weight excluding hydrogens is 406 g/mol. The molecular formula is C21H29N3O5S. The first kappa shape index (κ1) is 21.3. The molecule has 0 aliphatic carbocycles. The Morgan fingerprint density at radius 3 is 2.50 bits per heavy atom. The molecule has 2 saturated heterocycles. The van der Waals surface area contributed by atoms with Crippen molar-refractivity contribution in [3.63, 3.8) is 0 Å². The lowest BCUT2D eigenvalue weighted by molar-refractivity contribution is 0.0110. The number of nitrogens with zero attached hydrogens (tertiary/aromatic N) is 3. The van der Waals surface area contributed by atoms with Gasteiger partial charge in [-0.2, -0.15) is 4.31 Å². The SMILES string of the molecule is CCOc1ccc(S(=O)(=O)N2CC(c3nnc(C(C)C)o3)C3(CCOCC3)C2)cc1. The summed E-state index contributed by atoms with van der Waals surface area (Å²) in [5.41, 5.74) is -0.253. The van der Waals surface area contributed by atoms with Crippen molar-refractivity contribution in [1.29, 1.82) is 0 Å². The molecule has 8 nitrogen and oxygen atoms in total. The zero-order valence-electron chi connectivity index (χ0n) is 17.7. The molecule has 1 aromatic carbocycles. The molecule has 0 amide bonds. The molecule has 9 heteroatoms. The van der Waals surface area contributed by atoms with E-state index < -0.39 is 10.0 Å². The Labute approximate surface area is 177 Å². The van der Waals surface area contributed by atoms with E-state index in [1.165, 1.54) is 0 Å². The second-order valence-electron chi connectivity index (χ2n) is 8.36. The summed E-state index contributed by atoms with van der Waals surface area (Å²) in [5.74, 6) is 1.76. The average Bonchev–Trinajstić information content (AvgIpc) is 3.35. The molecule has 0 bridgehead atoms. The van der Waals surface area contributed by atoms with Crippen LogP contribution in [0.4, 0.5) is 0 Å². The fraction of sp³-hybridized carbons (Fsp3) is 0.619. The molecule has 30 heavy (non-hydrogen) atoms. The van der Waals surface area contributed by atoms with Crippen molar-refractivity contribution in [2.24, 2.45) is 5.41 Å². The average molecular weight is 436 g/mol. The lowest BCUT2D eigenvalue weighted by atomic mass is 9.72. The number of rotatable bonds is 6. The fourth-order valence-electron chi connectivity index (χ4n) is 4.38. The van der Waals surface area contributed by atoms with Gasteiger partial charge in [0.15, 0.2) is 0 Å². The summed E-state index contributed by atoms with van der Waals surface area (Å²) < 4.78 is 45.4. The van der Waals surface area contributed by atoms with Crippen LogP contribution in [0.15, 0.2) is 33.6 Å². The quantitative estimate of drug-likeness (QED) is 0.688. The van der Waals surface area contributed by atoms with Gasteiger partial charge in [0.1, 0.15) is 5.75 Å². The summed E-state index contributed by atoms with van der Waals surface area (Å²) in [4.78, 5) is 0.266. The second-order valence-corrected chi connectivity index (χ2v) is 10.3. The van der Waals surface area contributed by atoms with Crippen molar-refractivity contribution in [3.05, 3.63) is 36.0 Å². The lowest BCUT2D eigenvalue weighted by Gasteiger charge is -2.36. The summed E-state index contributed by atoms with van der Waals surface area (Å²) in [6, 6.07) is 6.60. The number of ether oxygens (including phenoxy) is 2. The maximum absolute atomic E-state index is 13.4. The zero-order valence-corrected chi connectivity index (χ0v) is 18.5. The molecule has 4 rings (SSSR count). The van der Waals surface area contributed by atoms with Crippen LogP contribution in [0.1, 0.15) is 57.2 Å². The first-order chi connectivity index (χ1) is 14.4. The Morgan fingerprint density at radius 1 is 1.20 bits per heavy atom. The van der Waals surface area contributed by atoms with Gasteiger partial charge in [0.05, 0.1) is 17.4 Å². The van der Waals surface area contributed by atoms with E-state index in [-0.39, 0.29) is 22.1 Å². The van der Waals surface area contributed by atoms with Gasteiger partial charge in [-0.15, -0.1) is 10.2 Å². The number of sulfonamides is 1. The minimum Gasteiger partial charge on any atom is -0.494 e. The van der Waals surface area contributed by atoms with Crippen LogP contribution < -0.4 is 4.74 Å². The number of benzene rings is 1. The van der Waals surface area contributed by atoms with Crippen LogP contribution in [-0.2, 0) is 14.8 Å². The molecule has 2 aliphatic heterocycles. The molecule has 2 aliphatic rings. The highest BCUT2D eigenvalue weighted by Crippen LogP contribution is 2.50. The van der Waals surface area contributed by atoms with Crippen LogP contribution in [-0.4, -0.2) is 55.8 Å². The Kier molecular flexibility index (Phi) is 5.87. The predicted octanol–water partition coefficient (Wildman–Crippen LogP) is 3.18. The van der Waals surface area contributed by atoms with Crippen molar-refractivity contribution >= 4 is 10.0 Å². The van der Waals surface area contributed by atoms with Gasteiger partial charge in [0.25, 0.3) is 0 Å². The van der Waals surface area contributed by atoms with Gasteiger partial charge in [-0.3, -0.25) is 0 Å². The number of aromatic nitrogens is 2. The van der Waals surface area contributed by atoms with E-state index >= 15 is 0 Å². The summed E-state index contributed by atoms with van der Waals surface area (Å²) in [6.07, 6.45) is 1.54. The normalized spacial score (nSPS) is 22.1. The Bertz CT molecular complexity index is 965. The van der Waals surface area contributed by atoms with Crippen LogP contribution in [0.3, 0.4) is 0 Å². The summed E-state index contributed by atoms with van der Waals surface area (Å²) in [7, 11) is -3.65. The minimum atomic E-state index is -3.65. The van der Waals surface area contributed by atoms with Crippen molar-refractivity contribution in [2.45, 2.75) is 50.3 Å². The Balaban J connectivity index is 1.64. The van der Waals surface area contributed by atoms with Crippen molar-refractivity contribution < 1.29 is 22.3 Å². The van der Waals surface area contributed by atoms with Gasteiger partial charge >= 0.3 is 0 Å². The third-order valence-corrected chi connectivity index (χ3v) is 7.95. The van der Waals surface area contributed by atoms with Gasteiger partial charge in [-0.1, -0.05) is 13.8 Å². The molecule has 2 aromatic rings. The third-order valence-electron chi connectivity index (χ3n) is 6.13. The monoisotopic (exact) mass is 435 g/mol. The van der Waals surface area contributed by atoms with Crippen LogP contribution in [0, 0.1) is 5.41 Å². The van der Waals surface area contributed by atoms with Gasteiger partial charge in [-0.25, -0.2) is 8.42 Å². The van der Waals surface area contributed by atoms with Crippen molar-refractivity contribution in [3.8, 4) is 5.75 Å². The van der Waals surface area contributed by atoms with Gasteiger partial charge in [0, 0.05) is 37.6 Å².